The molecule has 0 aromatic carbocycles. The fourth-order valence-electron chi connectivity index (χ4n) is 0.0833. The summed E-state index contributed by atoms with van der Waals surface area (Å²) in [6.07, 6.45) is 1.90. The van der Waals surface area contributed by atoms with E-state index in [0.717, 1.165) is 12.8 Å². The minimum absolute atomic E-state index is 0. The summed E-state index contributed by atoms with van der Waals surface area (Å²) in [5.41, 5.74) is 0. The van der Waals surface area contributed by atoms with Crippen LogP contribution >= 0.6 is 12.2 Å². The Bertz CT molecular complexity index is 28.7. The summed E-state index contributed by atoms with van der Waals surface area (Å²) in [7, 11) is 0. The fraction of sp³-hybridized carbons (Fsp3) is 0.500. The van der Waals surface area contributed by atoms with E-state index in [1.165, 1.54) is 0 Å². The molecule has 0 aromatic heterocycles. The Labute approximate surface area is 66.6 Å². The molecule has 0 unspecified atom stereocenters. The summed E-state index contributed by atoms with van der Waals surface area (Å²) in [6, 6.07) is 0. The van der Waals surface area contributed by atoms with Crippen LogP contribution in [0.15, 0.2) is 0 Å². The van der Waals surface area contributed by atoms with Crippen LogP contribution in [0, 0.1) is 6.92 Å². The first-order chi connectivity index (χ1) is 2.41. The Morgan fingerprint density at radius 2 is 2.17 bits per heavy atom. The first kappa shape index (κ1) is 10.1. The van der Waals surface area contributed by atoms with E-state index in [2.05, 4.69) is 19.1 Å². The van der Waals surface area contributed by atoms with Crippen molar-refractivity contribution in [2.24, 2.45) is 0 Å². The van der Waals surface area contributed by atoms with Crippen molar-refractivity contribution in [3.05, 3.63) is 6.92 Å². The molecule has 0 aliphatic carbocycles. The molecule has 0 saturated heterocycles. The number of hydrogen-bond acceptors (Lipinski definition) is 1. The zero-order valence-electron chi connectivity index (χ0n) is 4.11. The maximum atomic E-state index is 4.49. The molecule has 30 valence electrons. The van der Waals surface area contributed by atoms with E-state index < -0.39 is 0 Å². The zero-order valence-corrected chi connectivity index (χ0v) is 6.92. The molecule has 2 heteroatoms. The molecule has 0 N–H and O–H groups in total. The molecule has 0 aliphatic heterocycles. The van der Waals surface area contributed by atoms with Crippen molar-refractivity contribution in [2.75, 3.05) is 0 Å². The standard InChI is InChI=1S/C4H7S.Na/c1-2-3-4-5;/h4H,1-3H2;/q-1;+1. The predicted molar refractivity (Wildman–Crippen MR) is 28.2 cm³/mol. The summed E-state index contributed by atoms with van der Waals surface area (Å²) >= 11 is 4.49. The molecule has 0 aliphatic rings. The molecule has 0 radical (unpaired) electrons. The van der Waals surface area contributed by atoms with E-state index >= 15 is 0 Å². The van der Waals surface area contributed by atoms with Gasteiger partial charge in [-0.3, -0.25) is 0 Å². The van der Waals surface area contributed by atoms with E-state index in [-0.39, 0.29) is 29.6 Å². The van der Waals surface area contributed by atoms with Crippen molar-refractivity contribution in [3.8, 4) is 0 Å². The summed E-state index contributed by atoms with van der Waals surface area (Å²) in [6.45, 7) is 3.58. The number of hydrogen-bond donors (Lipinski definition) is 0. The van der Waals surface area contributed by atoms with Crippen LogP contribution in [0.2, 0.25) is 0 Å². The molecule has 0 amide bonds. The molecule has 0 atom stereocenters. The minimum Gasteiger partial charge on any atom is -0.343 e. The van der Waals surface area contributed by atoms with Gasteiger partial charge in [-0.15, -0.1) is 0 Å². The molecule has 0 bridgehead atoms. The van der Waals surface area contributed by atoms with Crippen molar-refractivity contribution in [1.29, 1.82) is 0 Å². The van der Waals surface area contributed by atoms with Crippen molar-refractivity contribution in [1.82, 2.24) is 0 Å². The number of unbranched alkanes of at least 4 members (excludes halogenated alkanes) is 1. The van der Waals surface area contributed by atoms with Crippen LogP contribution in [0.3, 0.4) is 0 Å². The van der Waals surface area contributed by atoms with E-state index in [9.17, 15) is 0 Å². The van der Waals surface area contributed by atoms with Crippen molar-refractivity contribution >= 4 is 17.6 Å². The van der Waals surface area contributed by atoms with Gasteiger partial charge in [0, 0.05) is 0 Å². The van der Waals surface area contributed by atoms with Gasteiger partial charge in [0.15, 0.2) is 0 Å². The Kier molecular flexibility index (Phi) is 16.0. The smallest absolute Gasteiger partial charge is 0.343 e. The predicted octanol–water partition coefficient (Wildman–Crippen LogP) is -1.40. The molecule has 0 nitrogen and oxygen atoms in total. The van der Waals surface area contributed by atoms with Gasteiger partial charge in [-0.2, -0.15) is 6.42 Å². The third kappa shape index (κ3) is 8.92. The summed E-state index contributed by atoms with van der Waals surface area (Å²) in [4.78, 5) is 0. The van der Waals surface area contributed by atoms with Crippen LogP contribution in [0.25, 0.3) is 0 Å². The Balaban J connectivity index is 0. The van der Waals surface area contributed by atoms with Gasteiger partial charge in [-0.25, -0.2) is 0 Å². The van der Waals surface area contributed by atoms with Crippen LogP contribution in [-0.4, -0.2) is 5.37 Å². The quantitative estimate of drug-likeness (QED) is 0.239. The van der Waals surface area contributed by atoms with Gasteiger partial charge < -0.3 is 6.92 Å². The van der Waals surface area contributed by atoms with Gasteiger partial charge in [0.2, 0.25) is 0 Å². The molecule has 0 aromatic rings. The van der Waals surface area contributed by atoms with Crippen molar-refractivity contribution < 1.29 is 29.6 Å². The van der Waals surface area contributed by atoms with Gasteiger partial charge in [0.05, 0.1) is 0 Å². The van der Waals surface area contributed by atoms with Crippen LogP contribution < -0.4 is 29.6 Å². The molecule has 0 fully saturated rings. The van der Waals surface area contributed by atoms with E-state index in [4.69, 9.17) is 0 Å². The largest absolute Gasteiger partial charge is 1.00 e. The normalized spacial score (nSPS) is 6.17. The molecule has 6 heavy (non-hydrogen) atoms. The average molecular weight is 110 g/mol. The Morgan fingerprint density at radius 1 is 1.67 bits per heavy atom. The second-order valence-electron chi connectivity index (χ2n) is 0.809. The topological polar surface area (TPSA) is 0 Å². The van der Waals surface area contributed by atoms with Gasteiger partial charge in [0.25, 0.3) is 0 Å². The summed E-state index contributed by atoms with van der Waals surface area (Å²) in [5.74, 6) is 0. The zero-order chi connectivity index (χ0) is 4.12. The molecule has 0 saturated carbocycles. The maximum Gasteiger partial charge on any atom is 1.00 e. The summed E-state index contributed by atoms with van der Waals surface area (Å²) < 4.78 is 0. The van der Waals surface area contributed by atoms with Gasteiger partial charge in [-0.1, -0.05) is 18.6 Å². The third-order valence-electron chi connectivity index (χ3n) is 0.322. The number of thiocarbonyl (C=S) groups is 1. The molecule has 0 rings (SSSR count). The van der Waals surface area contributed by atoms with Gasteiger partial charge in [0.1, 0.15) is 0 Å². The molecular weight excluding hydrogens is 103 g/mol. The Hall–Kier alpha value is 1.09. The monoisotopic (exact) mass is 110 g/mol. The van der Waals surface area contributed by atoms with E-state index in [1.54, 1.807) is 5.37 Å². The maximum absolute atomic E-state index is 4.49. The van der Waals surface area contributed by atoms with Crippen LogP contribution in [0.4, 0.5) is 0 Å². The van der Waals surface area contributed by atoms with Gasteiger partial charge >= 0.3 is 29.6 Å². The van der Waals surface area contributed by atoms with E-state index in [1.807, 2.05) is 0 Å². The second-order valence-corrected chi connectivity index (χ2v) is 1.14. The molecule has 0 heterocycles. The minimum atomic E-state index is 0. The average Bonchev–Trinajstić information content (AvgIpc) is 1.41. The first-order valence-electron chi connectivity index (χ1n) is 1.64. The van der Waals surface area contributed by atoms with Crippen LogP contribution in [-0.2, 0) is 0 Å². The van der Waals surface area contributed by atoms with Crippen molar-refractivity contribution in [3.63, 3.8) is 0 Å². The number of rotatable bonds is 2. The Morgan fingerprint density at radius 3 is 2.17 bits per heavy atom. The SMILES string of the molecule is [CH2-]CCC=S.[Na+]. The fourth-order valence-corrected chi connectivity index (χ4v) is 0.250. The summed E-state index contributed by atoms with van der Waals surface area (Å²) in [5, 5.41) is 1.70. The van der Waals surface area contributed by atoms with Crippen LogP contribution in [0.1, 0.15) is 12.8 Å². The first-order valence-corrected chi connectivity index (χ1v) is 2.12. The third-order valence-corrected chi connectivity index (χ3v) is 0.558. The van der Waals surface area contributed by atoms with E-state index in [0.29, 0.717) is 0 Å². The second kappa shape index (κ2) is 9.43. The van der Waals surface area contributed by atoms with Crippen LogP contribution in [0.5, 0.6) is 0 Å². The molecule has 0 spiro atoms. The van der Waals surface area contributed by atoms with Gasteiger partial charge in [-0.05, 0) is 5.37 Å². The van der Waals surface area contributed by atoms with Crippen molar-refractivity contribution in [2.45, 2.75) is 12.8 Å². The molecular formula is C4H7NaS.